The standard InChI is InChI=1S/C85H144O17P2/c1-5-9-13-17-21-25-29-33-35-37-39-41-43-47-50-54-58-62-66-70-83(88)96-76-81(102-85(90)72-68-64-60-56-52-48-44-42-40-38-36-34-30-26-22-18-14-10-6-2)78-100-104(93,94)98-74-79(86)73-97-103(91,92)99-77-80(101-84(89)71-67-63-59-55-51-46-32-28-24-20-16-12-8-4)75-95-82(87)69-65-61-57-53-49-45-31-27-23-19-15-11-7-3/h10,14,21-22,25-26,33-36,39-42,47-48,50,52,58,60,62,64,79-81,86H,5-9,11-13,15-20,23-24,27-32,37-38,43-46,49,51,53-57,59,61,63,65-78H2,1-4H3,(H,91,92)(H,93,94)/b14-10-,25-21-,26-22-,35-33-,36-34-,41-39-,42-40-,50-47-,52-48-,62-58-,64-60-/t79-,80+,81+/m0/s1. The van der Waals surface area contributed by atoms with Gasteiger partial charge in [0.25, 0.3) is 0 Å². The minimum Gasteiger partial charge on any atom is -0.462 e. The Hall–Kier alpha value is -4.80. The van der Waals surface area contributed by atoms with E-state index in [-0.39, 0.29) is 25.7 Å². The van der Waals surface area contributed by atoms with Crippen LogP contribution in [0.3, 0.4) is 0 Å². The first-order valence-corrected chi connectivity index (χ1v) is 43.4. The Kier molecular flexibility index (Phi) is 72.9. The van der Waals surface area contributed by atoms with Crippen LogP contribution in [0, 0.1) is 0 Å². The second-order valence-electron chi connectivity index (χ2n) is 26.6. The van der Waals surface area contributed by atoms with Gasteiger partial charge in [-0.15, -0.1) is 0 Å². The van der Waals surface area contributed by atoms with Gasteiger partial charge in [-0.25, -0.2) is 9.13 Å². The Balaban J connectivity index is 5.49. The van der Waals surface area contributed by atoms with Gasteiger partial charge in [-0.2, -0.15) is 0 Å². The highest BCUT2D eigenvalue weighted by molar-refractivity contribution is 7.47. The van der Waals surface area contributed by atoms with E-state index >= 15 is 0 Å². The third-order valence-electron chi connectivity index (χ3n) is 16.7. The number of aliphatic hydroxyl groups excluding tert-OH is 1. The summed E-state index contributed by atoms with van der Waals surface area (Å²) in [4.78, 5) is 72.9. The van der Waals surface area contributed by atoms with Crippen molar-refractivity contribution in [3.63, 3.8) is 0 Å². The Morgan fingerprint density at radius 3 is 0.846 bits per heavy atom. The second kappa shape index (κ2) is 76.4. The summed E-state index contributed by atoms with van der Waals surface area (Å²) in [6, 6.07) is 0. The van der Waals surface area contributed by atoms with E-state index in [2.05, 4.69) is 125 Å². The molecule has 0 aliphatic heterocycles. The number of phosphoric ester groups is 2. The second-order valence-corrected chi connectivity index (χ2v) is 29.5. The molecule has 3 N–H and O–H groups in total. The lowest BCUT2D eigenvalue weighted by Gasteiger charge is -2.21. The maximum absolute atomic E-state index is 13.1. The van der Waals surface area contributed by atoms with Gasteiger partial charge in [-0.05, 0) is 103 Å². The highest BCUT2D eigenvalue weighted by atomic mass is 31.2. The van der Waals surface area contributed by atoms with Crippen LogP contribution in [0.25, 0.3) is 0 Å². The third-order valence-corrected chi connectivity index (χ3v) is 18.6. The van der Waals surface area contributed by atoms with Crippen LogP contribution in [-0.2, 0) is 65.4 Å². The van der Waals surface area contributed by atoms with E-state index in [0.29, 0.717) is 38.5 Å². The maximum atomic E-state index is 13.1. The Morgan fingerprint density at radius 2 is 0.519 bits per heavy atom. The smallest absolute Gasteiger partial charge is 0.462 e. The molecule has 0 aliphatic rings. The zero-order chi connectivity index (χ0) is 76.0. The highest BCUT2D eigenvalue weighted by Gasteiger charge is 2.30. The summed E-state index contributed by atoms with van der Waals surface area (Å²) < 4.78 is 68.4. The summed E-state index contributed by atoms with van der Waals surface area (Å²) in [5.41, 5.74) is 0. The molecule has 0 heterocycles. The molecular weight excluding hydrogens is 1350 g/mol. The maximum Gasteiger partial charge on any atom is 0.472 e. The van der Waals surface area contributed by atoms with Crippen molar-refractivity contribution in [2.45, 2.75) is 341 Å². The van der Waals surface area contributed by atoms with E-state index in [9.17, 15) is 43.2 Å². The number of aliphatic hydroxyl groups is 1. The highest BCUT2D eigenvalue weighted by Crippen LogP contribution is 2.45. The number of hydrogen-bond donors (Lipinski definition) is 3. The van der Waals surface area contributed by atoms with Crippen molar-refractivity contribution in [2.75, 3.05) is 39.6 Å². The third kappa shape index (κ3) is 75.4. The topological polar surface area (TPSA) is 237 Å². The van der Waals surface area contributed by atoms with Crippen LogP contribution in [0.2, 0.25) is 0 Å². The number of hydrogen-bond acceptors (Lipinski definition) is 15. The van der Waals surface area contributed by atoms with Crippen molar-refractivity contribution in [3.8, 4) is 0 Å². The van der Waals surface area contributed by atoms with E-state index in [1.165, 1.54) is 128 Å². The average molecular weight is 1500 g/mol. The quantitative estimate of drug-likeness (QED) is 0.0169. The Bertz CT molecular complexity index is 2490. The zero-order valence-corrected chi connectivity index (χ0v) is 66.9. The van der Waals surface area contributed by atoms with Crippen LogP contribution in [0.15, 0.2) is 134 Å². The molecule has 0 saturated heterocycles. The number of rotatable bonds is 75. The van der Waals surface area contributed by atoms with Crippen LogP contribution in [0.5, 0.6) is 0 Å². The first-order valence-electron chi connectivity index (χ1n) is 40.4. The molecular formula is C85H144O17P2. The molecule has 2 unspecified atom stereocenters. The summed E-state index contributed by atoms with van der Waals surface area (Å²) in [7, 11) is -10.00. The molecule has 104 heavy (non-hydrogen) atoms. The molecule has 596 valence electrons. The van der Waals surface area contributed by atoms with E-state index in [4.69, 9.17) is 37.0 Å². The van der Waals surface area contributed by atoms with Crippen LogP contribution in [0.4, 0.5) is 0 Å². The molecule has 0 amide bonds. The molecule has 0 spiro atoms. The fourth-order valence-corrected chi connectivity index (χ4v) is 12.1. The number of allylic oxidation sites excluding steroid dienone is 22. The molecule has 0 bridgehead atoms. The minimum absolute atomic E-state index is 0.0192. The molecule has 0 aromatic carbocycles. The molecule has 0 rings (SSSR count). The summed E-state index contributed by atoms with van der Waals surface area (Å²) >= 11 is 0. The molecule has 0 aromatic heterocycles. The number of ether oxygens (including phenoxy) is 4. The summed E-state index contributed by atoms with van der Waals surface area (Å²) in [6.45, 7) is 4.59. The van der Waals surface area contributed by atoms with Crippen molar-refractivity contribution < 1.29 is 80.2 Å². The number of esters is 4. The fraction of sp³-hybridized carbons (Fsp3) is 0.694. The van der Waals surface area contributed by atoms with Crippen molar-refractivity contribution in [3.05, 3.63) is 134 Å². The van der Waals surface area contributed by atoms with Crippen molar-refractivity contribution >= 4 is 39.5 Å². The molecule has 0 fully saturated rings. The lowest BCUT2D eigenvalue weighted by molar-refractivity contribution is -0.161. The molecule has 0 aromatic rings. The van der Waals surface area contributed by atoms with Gasteiger partial charge in [-0.3, -0.25) is 37.3 Å². The monoisotopic (exact) mass is 1500 g/mol. The minimum atomic E-state index is -5.02. The van der Waals surface area contributed by atoms with Crippen molar-refractivity contribution in [2.24, 2.45) is 0 Å². The molecule has 19 heteroatoms. The lowest BCUT2D eigenvalue weighted by Crippen LogP contribution is -2.30. The van der Waals surface area contributed by atoms with Gasteiger partial charge in [0.1, 0.15) is 19.3 Å². The molecule has 5 atom stereocenters. The molecule has 0 radical (unpaired) electrons. The van der Waals surface area contributed by atoms with Gasteiger partial charge in [0, 0.05) is 25.7 Å². The zero-order valence-electron chi connectivity index (χ0n) is 65.2. The average Bonchev–Trinajstić information content (AvgIpc) is 0.935. The van der Waals surface area contributed by atoms with Gasteiger partial charge >= 0.3 is 39.5 Å². The van der Waals surface area contributed by atoms with Gasteiger partial charge in [0.15, 0.2) is 12.2 Å². The van der Waals surface area contributed by atoms with Gasteiger partial charge < -0.3 is 33.8 Å². The predicted molar refractivity (Wildman–Crippen MR) is 427 cm³/mol. The largest absolute Gasteiger partial charge is 0.472 e. The lowest BCUT2D eigenvalue weighted by atomic mass is 10.0. The molecule has 0 aliphatic carbocycles. The molecule has 17 nitrogen and oxygen atoms in total. The van der Waals surface area contributed by atoms with Gasteiger partial charge in [0.05, 0.1) is 26.4 Å². The fourth-order valence-electron chi connectivity index (χ4n) is 10.5. The first kappa shape index (κ1) is 99.2. The van der Waals surface area contributed by atoms with E-state index in [1.54, 1.807) is 0 Å². The van der Waals surface area contributed by atoms with Crippen LogP contribution in [0.1, 0.15) is 323 Å². The van der Waals surface area contributed by atoms with E-state index in [1.807, 2.05) is 36.5 Å². The SMILES string of the molecule is CC/C=C\C/C=C\C/C=C\C/C=C\C/C=C\C/C=C\CCC(=O)O[C@H](COC(=O)CC/C=C\C/C=C\C/C=C\C/C=C\C/C=C\CCCCC)COP(=O)(O)OC[C@@H](O)COP(=O)(O)OC[C@@H](COC(=O)CCCCCCCCCCCCCCC)OC(=O)CCCCCCCCCCCCCCC. The van der Waals surface area contributed by atoms with Crippen LogP contribution >= 0.6 is 15.6 Å². The van der Waals surface area contributed by atoms with E-state index < -0.39 is 97.5 Å². The molecule has 0 saturated carbocycles. The summed E-state index contributed by atoms with van der Waals surface area (Å²) in [6.07, 6.45) is 86.0. The first-order chi connectivity index (χ1) is 50.7. The van der Waals surface area contributed by atoms with Gasteiger partial charge in [0.2, 0.25) is 0 Å². The number of carbonyl (C=O) groups is 4. The van der Waals surface area contributed by atoms with Crippen molar-refractivity contribution in [1.29, 1.82) is 0 Å². The van der Waals surface area contributed by atoms with Crippen molar-refractivity contribution in [1.82, 2.24) is 0 Å². The van der Waals surface area contributed by atoms with Crippen LogP contribution in [-0.4, -0.2) is 96.7 Å². The van der Waals surface area contributed by atoms with Gasteiger partial charge in [-0.1, -0.05) is 328 Å². The number of phosphoric acid groups is 2. The number of carbonyl (C=O) groups excluding carboxylic acids is 4. The summed E-state index contributed by atoms with van der Waals surface area (Å²) in [5, 5.41) is 10.6. The predicted octanol–water partition coefficient (Wildman–Crippen LogP) is 23.7. The van der Waals surface area contributed by atoms with Crippen LogP contribution < -0.4 is 0 Å². The number of unbranched alkanes of at least 4 members (excludes halogenated alkanes) is 27. The summed E-state index contributed by atoms with van der Waals surface area (Å²) in [5.74, 6) is -2.36. The normalized spacial score (nSPS) is 14.6. The Morgan fingerprint density at radius 1 is 0.279 bits per heavy atom. The van der Waals surface area contributed by atoms with E-state index in [0.717, 1.165) is 103 Å². The Labute approximate surface area is 631 Å².